The molecule has 2 aliphatic rings. The number of piperazine rings is 1. The van der Waals surface area contributed by atoms with Crippen LogP contribution in [0.3, 0.4) is 0 Å². The zero-order valence-corrected chi connectivity index (χ0v) is 16.3. The molecule has 0 radical (unpaired) electrons. The Morgan fingerprint density at radius 1 is 1.19 bits per heavy atom. The molecule has 6 heteroatoms. The van der Waals surface area contributed by atoms with Crippen LogP contribution >= 0.6 is 0 Å². The molecular weight excluding hydrogens is 342 g/mol. The van der Waals surface area contributed by atoms with E-state index in [2.05, 4.69) is 12.2 Å². The van der Waals surface area contributed by atoms with Gasteiger partial charge >= 0.3 is 6.03 Å². The van der Waals surface area contributed by atoms with E-state index in [1.165, 1.54) is 12.8 Å². The number of carbonyl (C=O) groups is 2. The molecule has 0 atom stereocenters. The lowest BCUT2D eigenvalue weighted by Gasteiger charge is -2.37. The summed E-state index contributed by atoms with van der Waals surface area (Å²) in [4.78, 5) is 28.4. The lowest BCUT2D eigenvalue weighted by atomic mass is 10.1. The van der Waals surface area contributed by atoms with Crippen molar-refractivity contribution in [2.24, 2.45) is 0 Å². The number of amides is 3. The number of carbonyl (C=O) groups excluding carboxylic acids is 2. The van der Waals surface area contributed by atoms with Crippen LogP contribution in [0.15, 0.2) is 24.3 Å². The maximum Gasteiger partial charge on any atom is 0.317 e. The summed E-state index contributed by atoms with van der Waals surface area (Å²) in [6, 6.07) is 8.24. The maximum absolute atomic E-state index is 12.4. The van der Waals surface area contributed by atoms with Crippen molar-refractivity contribution in [2.75, 3.05) is 32.8 Å². The fourth-order valence-corrected chi connectivity index (χ4v) is 3.86. The molecule has 6 nitrogen and oxygen atoms in total. The normalized spacial score (nSPS) is 18.0. The SMILES string of the molecule is CCCOc1ccc(CCNC(=O)N2CCN(C3CCCC3)C(=O)C2)cc1. The van der Waals surface area contributed by atoms with Gasteiger partial charge in [0.1, 0.15) is 12.3 Å². The zero-order chi connectivity index (χ0) is 19.1. The van der Waals surface area contributed by atoms with E-state index in [1.54, 1.807) is 4.90 Å². The number of rotatable bonds is 7. The van der Waals surface area contributed by atoms with Gasteiger partial charge in [-0.2, -0.15) is 0 Å². The molecule has 1 heterocycles. The van der Waals surface area contributed by atoms with E-state index in [4.69, 9.17) is 4.74 Å². The van der Waals surface area contributed by atoms with Crippen LogP contribution in [0.2, 0.25) is 0 Å². The first kappa shape index (κ1) is 19.5. The minimum Gasteiger partial charge on any atom is -0.494 e. The lowest BCUT2D eigenvalue weighted by Crippen LogP contribution is -2.56. The Balaban J connectivity index is 1.38. The van der Waals surface area contributed by atoms with Gasteiger partial charge in [0, 0.05) is 25.7 Å². The van der Waals surface area contributed by atoms with Crippen molar-refractivity contribution in [1.82, 2.24) is 15.1 Å². The third-order valence-corrected chi connectivity index (χ3v) is 5.40. The summed E-state index contributed by atoms with van der Waals surface area (Å²) in [5.41, 5.74) is 1.15. The lowest BCUT2D eigenvalue weighted by molar-refractivity contribution is -0.137. The van der Waals surface area contributed by atoms with Gasteiger partial charge in [0.25, 0.3) is 0 Å². The summed E-state index contributed by atoms with van der Waals surface area (Å²) >= 11 is 0. The maximum atomic E-state index is 12.4. The molecule has 1 saturated carbocycles. The number of urea groups is 1. The van der Waals surface area contributed by atoms with E-state index in [0.717, 1.165) is 43.6 Å². The van der Waals surface area contributed by atoms with Gasteiger partial charge in [-0.15, -0.1) is 0 Å². The molecule has 1 aromatic rings. The first-order valence-electron chi connectivity index (χ1n) is 10.2. The van der Waals surface area contributed by atoms with Gasteiger partial charge in [-0.1, -0.05) is 31.9 Å². The second-order valence-corrected chi connectivity index (χ2v) is 7.42. The van der Waals surface area contributed by atoms with E-state index < -0.39 is 0 Å². The minimum atomic E-state index is -0.141. The number of nitrogens with one attached hydrogen (secondary N) is 1. The summed E-state index contributed by atoms with van der Waals surface area (Å²) in [7, 11) is 0. The molecular formula is C21H31N3O3. The highest BCUT2D eigenvalue weighted by atomic mass is 16.5. The van der Waals surface area contributed by atoms with E-state index in [0.29, 0.717) is 25.7 Å². The summed E-state index contributed by atoms with van der Waals surface area (Å²) in [5.74, 6) is 0.967. The van der Waals surface area contributed by atoms with E-state index in [1.807, 2.05) is 29.2 Å². The highest BCUT2D eigenvalue weighted by Crippen LogP contribution is 2.24. The van der Waals surface area contributed by atoms with Crippen LogP contribution in [0.5, 0.6) is 5.75 Å². The molecule has 27 heavy (non-hydrogen) atoms. The highest BCUT2D eigenvalue weighted by molar-refractivity contribution is 5.85. The fraction of sp³-hybridized carbons (Fsp3) is 0.619. The van der Waals surface area contributed by atoms with Crippen molar-refractivity contribution in [1.29, 1.82) is 0 Å². The van der Waals surface area contributed by atoms with Crippen molar-refractivity contribution in [3.63, 3.8) is 0 Å². The number of nitrogens with zero attached hydrogens (tertiary/aromatic N) is 2. The number of hydrogen-bond donors (Lipinski definition) is 1. The summed E-state index contributed by atoms with van der Waals surface area (Å²) in [6.45, 7) is 4.85. The zero-order valence-electron chi connectivity index (χ0n) is 16.3. The molecule has 1 aliphatic carbocycles. The molecule has 1 aromatic carbocycles. The molecule has 0 aromatic heterocycles. The van der Waals surface area contributed by atoms with Crippen LogP contribution in [0, 0.1) is 0 Å². The molecule has 3 rings (SSSR count). The average molecular weight is 373 g/mol. The minimum absolute atomic E-state index is 0.0889. The Bertz CT molecular complexity index is 626. The third kappa shape index (κ3) is 5.37. The van der Waals surface area contributed by atoms with Crippen molar-refractivity contribution in [2.45, 2.75) is 51.5 Å². The average Bonchev–Trinajstić information content (AvgIpc) is 3.21. The molecule has 0 spiro atoms. The number of benzene rings is 1. The molecule has 0 bridgehead atoms. The summed E-state index contributed by atoms with van der Waals surface area (Å²) < 4.78 is 5.58. The molecule has 1 saturated heterocycles. The van der Waals surface area contributed by atoms with Gasteiger partial charge in [-0.25, -0.2) is 4.79 Å². The van der Waals surface area contributed by atoms with Crippen LogP contribution in [0.25, 0.3) is 0 Å². The second-order valence-electron chi connectivity index (χ2n) is 7.42. The first-order valence-corrected chi connectivity index (χ1v) is 10.2. The van der Waals surface area contributed by atoms with Crippen molar-refractivity contribution in [3.05, 3.63) is 29.8 Å². The topological polar surface area (TPSA) is 61.9 Å². The van der Waals surface area contributed by atoms with Gasteiger partial charge in [-0.05, 0) is 43.4 Å². The Hall–Kier alpha value is -2.24. The van der Waals surface area contributed by atoms with Crippen LogP contribution in [-0.2, 0) is 11.2 Å². The first-order chi connectivity index (χ1) is 13.2. The molecule has 1 N–H and O–H groups in total. The van der Waals surface area contributed by atoms with Gasteiger partial charge in [0.2, 0.25) is 5.91 Å². The molecule has 1 aliphatic heterocycles. The Morgan fingerprint density at radius 3 is 2.59 bits per heavy atom. The predicted octanol–water partition coefficient (Wildman–Crippen LogP) is 2.81. The van der Waals surface area contributed by atoms with Crippen molar-refractivity contribution in [3.8, 4) is 5.75 Å². The quantitative estimate of drug-likeness (QED) is 0.799. The van der Waals surface area contributed by atoms with E-state index in [9.17, 15) is 9.59 Å². The molecule has 2 fully saturated rings. The van der Waals surface area contributed by atoms with Crippen LogP contribution < -0.4 is 10.1 Å². The third-order valence-electron chi connectivity index (χ3n) is 5.40. The number of hydrogen-bond acceptors (Lipinski definition) is 3. The predicted molar refractivity (Wildman–Crippen MR) is 105 cm³/mol. The Morgan fingerprint density at radius 2 is 1.93 bits per heavy atom. The van der Waals surface area contributed by atoms with Crippen LogP contribution in [-0.4, -0.2) is 60.6 Å². The number of ether oxygens (including phenoxy) is 1. The summed E-state index contributed by atoms with van der Waals surface area (Å²) in [6.07, 6.45) is 6.40. The molecule has 3 amide bonds. The van der Waals surface area contributed by atoms with Crippen molar-refractivity contribution < 1.29 is 14.3 Å². The smallest absolute Gasteiger partial charge is 0.317 e. The van der Waals surface area contributed by atoms with E-state index in [-0.39, 0.29) is 18.5 Å². The standard InChI is InChI=1S/C21H31N3O3/c1-2-15-27-19-9-7-17(8-10-19)11-12-22-21(26)23-13-14-24(20(25)16-23)18-5-3-4-6-18/h7-10,18H,2-6,11-16H2,1H3,(H,22,26). The Kier molecular flexibility index (Phi) is 6.96. The highest BCUT2D eigenvalue weighted by Gasteiger charge is 2.32. The monoisotopic (exact) mass is 373 g/mol. The Labute approximate surface area is 161 Å². The van der Waals surface area contributed by atoms with Crippen molar-refractivity contribution >= 4 is 11.9 Å². The van der Waals surface area contributed by atoms with E-state index >= 15 is 0 Å². The van der Waals surface area contributed by atoms with Gasteiger partial charge in [-0.3, -0.25) is 4.79 Å². The summed E-state index contributed by atoms with van der Waals surface area (Å²) in [5, 5.41) is 2.94. The van der Waals surface area contributed by atoms with Gasteiger partial charge in [0.05, 0.1) is 6.61 Å². The van der Waals surface area contributed by atoms with Gasteiger partial charge in [0.15, 0.2) is 0 Å². The fourth-order valence-electron chi connectivity index (χ4n) is 3.86. The van der Waals surface area contributed by atoms with Crippen LogP contribution in [0.1, 0.15) is 44.6 Å². The molecule has 148 valence electrons. The largest absolute Gasteiger partial charge is 0.494 e. The second kappa shape index (κ2) is 9.62. The van der Waals surface area contributed by atoms with Gasteiger partial charge < -0.3 is 19.9 Å². The molecule has 0 unspecified atom stereocenters. The van der Waals surface area contributed by atoms with Crippen LogP contribution in [0.4, 0.5) is 4.79 Å².